The Balaban J connectivity index is 1.84. The van der Waals surface area contributed by atoms with Crippen molar-refractivity contribution in [1.29, 1.82) is 0 Å². The van der Waals surface area contributed by atoms with Gasteiger partial charge in [0.25, 0.3) is 0 Å². The number of hydrogen-bond acceptors (Lipinski definition) is 4. The van der Waals surface area contributed by atoms with Crippen molar-refractivity contribution in [3.8, 4) is 5.75 Å². The van der Waals surface area contributed by atoms with Crippen LogP contribution in [-0.2, 0) is 4.79 Å². The molecule has 0 aliphatic rings. The molecule has 0 spiro atoms. The average molecular weight is 310 g/mol. The van der Waals surface area contributed by atoms with Crippen LogP contribution in [-0.4, -0.2) is 17.5 Å². The maximum atomic E-state index is 13.4. The number of ether oxygens (including phenoxy) is 1. The van der Waals surface area contributed by atoms with Gasteiger partial charge in [0.05, 0.1) is 29.9 Å². The van der Waals surface area contributed by atoms with Crippen LogP contribution in [0.15, 0.2) is 36.7 Å². The Hall–Kier alpha value is -2.34. The first kappa shape index (κ1) is 15.1. The van der Waals surface area contributed by atoms with Crippen LogP contribution in [0.1, 0.15) is 6.42 Å². The lowest BCUT2D eigenvalue weighted by Crippen LogP contribution is -2.16. The summed E-state index contributed by atoms with van der Waals surface area (Å²) in [6.45, 7) is 0.123. The average Bonchev–Trinajstić information content (AvgIpc) is 2.43. The first-order valence-electron chi connectivity index (χ1n) is 6.13. The van der Waals surface area contributed by atoms with Gasteiger partial charge >= 0.3 is 0 Å². The van der Waals surface area contributed by atoms with Crippen molar-refractivity contribution < 1.29 is 13.9 Å². The lowest BCUT2D eigenvalue weighted by Gasteiger charge is -2.08. The molecule has 0 unspecified atom stereocenters. The smallest absolute Gasteiger partial charge is 0.227 e. The Morgan fingerprint density at radius 1 is 1.38 bits per heavy atom. The van der Waals surface area contributed by atoms with Gasteiger partial charge in [-0.25, -0.2) is 4.39 Å². The molecule has 1 amide bonds. The molecule has 0 saturated heterocycles. The van der Waals surface area contributed by atoms with Crippen LogP contribution < -0.4 is 15.8 Å². The second-order valence-corrected chi connectivity index (χ2v) is 4.66. The summed E-state index contributed by atoms with van der Waals surface area (Å²) in [5, 5.41) is 2.88. The lowest BCUT2D eigenvalue weighted by atomic mass is 10.2. The topological polar surface area (TPSA) is 77.2 Å². The molecule has 0 atom stereocenters. The molecule has 0 radical (unpaired) electrons. The quantitative estimate of drug-likeness (QED) is 0.833. The summed E-state index contributed by atoms with van der Waals surface area (Å²) in [5.41, 5.74) is 5.95. The molecule has 7 heteroatoms. The second-order valence-electron chi connectivity index (χ2n) is 4.22. The number of carbonyl (C=O) groups excluding carboxylic acids is 1. The molecule has 0 fully saturated rings. The van der Waals surface area contributed by atoms with E-state index in [-0.39, 0.29) is 24.6 Å². The van der Waals surface area contributed by atoms with E-state index in [0.29, 0.717) is 16.5 Å². The van der Waals surface area contributed by atoms with Crippen LogP contribution in [0.3, 0.4) is 0 Å². The Kier molecular flexibility index (Phi) is 4.94. The van der Waals surface area contributed by atoms with Crippen LogP contribution in [0.4, 0.5) is 15.8 Å². The largest absolute Gasteiger partial charge is 0.491 e. The van der Waals surface area contributed by atoms with Gasteiger partial charge in [0.15, 0.2) is 0 Å². The Morgan fingerprint density at radius 3 is 2.95 bits per heavy atom. The molecule has 1 heterocycles. The van der Waals surface area contributed by atoms with Gasteiger partial charge in [0, 0.05) is 18.0 Å². The zero-order valence-corrected chi connectivity index (χ0v) is 11.7. The van der Waals surface area contributed by atoms with E-state index in [0.717, 1.165) is 0 Å². The van der Waals surface area contributed by atoms with E-state index in [4.69, 9.17) is 22.1 Å². The number of pyridine rings is 1. The molecule has 5 nitrogen and oxygen atoms in total. The van der Waals surface area contributed by atoms with Gasteiger partial charge in [-0.1, -0.05) is 11.6 Å². The highest BCUT2D eigenvalue weighted by atomic mass is 35.5. The molecule has 0 aliphatic heterocycles. The number of aromatic nitrogens is 1. The minimum atomic E-state index is -0.544. The monoisotopic (exact) mass is 309 g/mol. The molecule has 0 bridgehead atoms. The summed E-state index contributed by atoms with van der Waals surface area (Å²) in [7, 11) is 0. The van der Waals surface area contributed by atoms with Crippen LogP contribution >= 0.6 is 11.6 Å². The Bertz CT molecular complexity index is 652. The lowest BCUT2D eigenvalue weighted by molar-refractivity contribution is -0.116. The highest BCUT2D eigenvalue weighted by Gasteiger charge is 2.08. The van der Waals surface area contributed by atoms with Crippen molar-refractivity contribution in [3.05, 3.63) is 47.5 Å². The standard InChI is InChI=1S/C14H13ClFN3O2/c15-9-5-11(8-18-7-9)21-4-3-14(20)19-13-6-10(17)1-2-12(13)16/h1-2,5-8H,3-4,17H2,(H,19,20). The number of amides is 1. The fourth-order valence-corrected chi connectivity index (χ4v) is 1.75. The van der Waals surface area contributed by atoms with E-state index in [2.05, 4.69) is 10.3 Å². The third-order valence-electron chi connectivity index (χ3n) is 2.54. The van der Waals surface area contributed by atoms with Gasteiger partial charge < -0.3 is 15.8 Å². The third-order valence-corrected chi connectivity index (χ3v) is 2.75. The van der Waals surface area contributed by atoms with Crippen molar-refractivity contribution in [2.75, 3.05) is 17.7 Å². The number of nitrogens with one attached hydrogen (secondary N) is 1. The van der Waals surface area contributed by atoms with E-state index in [1.54, 1.807) is 6.07 Å². The molecule has 1 aromatic heterocycles. The molecular formula is C14H13ClFN3O2. The molecular weight excluding hydrogens is 297 g/mol. The first-order chi connectivity index (χ1) is 10.0. The van der Waals surface area contributed by atoms with E-state index in [1.807, 2.05) is 0 Å². The van der Waals surface area contributed by atoms with Gasteiger partial charge in [-0.3, -0.25) is 9.78 Å². The van der Waals surface area contributed by atoms with Crippen molar-refractivity contribution in [2.24, 2.45) is 0 Å². The van der Waals surface area contributed by atoms with E-state index in [9.17, 15) is 9.18 Å². The van der Waals surface area contributed by atoms with Crippen molar-refractivity contribution >= 4 is 28.9 Å². The zero-order valence-electron chi connectivity index (χ0n) is 11.0. The summed E-state index contributed by atoms with van der Waals surface area (Å²) in [4.78, 5) is 15.5. The number of rotatable bonds is 5. The predicted molar refractivity (Wildman–Crippen MR) is 78.8 cm³/mol. The number of hydrogen-bond donors (Lipinski definition) is 2. The third kappa shape index (κ3) is 4.61. The predicted octanol–water partition coefficient (Wildman–Crippen LogP) is 2.86. The fourth-order valence-electron chi connectivity index (χ4n) is 1.58. The normalized spacial score (nSPS) is 10.2. The Morgan fingerprint density at radius 2 is 2.19 bits per heavy atom. The maximum Gasteiger partial charge on any atom is 0.227 e. The number of benzene rings is 1. The molecule has 0 aliphatic carbocycles. The highest BCUT2D eigenvalue weighted by Crippen LogP contribution is 2.18. The number of nitrogens with zero attached hydrogens (tertiary/aromatic N) is 1. The Labute approximate surface area is 125 Å². The van der Waals surface area contributed by atoms with E-state index in [1.165, 1.54) is 30.6 Å². The minimum absolute atomic E-state index is 0.0458. The maximum absolute atomic E-state index is 13.4. The molecule has 2 rings (SSSR count). The van der Waals surface area contributed by atoms with Crippen LogP contribution in [0.2, 0.25) is 5.02 Å². The molecule has 2 aromatic rings. The zero-order chi connectivity index (χ0) is 15.2. The van der Waals surface area contributed by atoms with Crippen molar-refractivity contribution in [3.63, 3.8) is 0 Å². The van der Waals surface area contributed by atoms with Gasteiger partial charge in [0.1, 0.15) is 11.6 Å². The molecule has 21 heavy (non-hydrogen) atoms. The summed E-state index contributed by atoms with van der Waals surface area (Å²) in [5.74, 6) is -0.461. The van der Waals surface area contributed by atoms with E-state index < -0.39 is 5.82 Å². The minimum Gasteiger partial charge on any atom is -0.491 e. The number of anilines is 2. The number of nitrogens with two attached hydrogens (primary N) is 1. The van der Waals surface area contributed by atoms with Gasteiger partial charge in [0.2, 0.25) is 5.91 Å². The van der Waals surface area contributed by atoms with E-state index >= 15 is 0 Å². The van der Waals surface area contributed by atoms with Crippen molar-refractivity contribution in [1.82, 2.24) is 4.98 Å². The molecule has 1 aromatic carbocycles. The van der Waals surface area contributed by atoms with Crippen molar-refractivity contribution in [2.45, 2.75) is 6.42 Å². The summed E-state index contributed by atoms with van der Waals surface area (Å²) < 4.78 is 18.8. The summed E-state index contributed by atoms with van der Waals surface area (Å²) in [6.07, 6.45) is 3.02. The van der Waals surface area contributed by atoms with Gasteiger partial charge in [-0.05, 0) is 18.2 Å². The SMILES string of the molecule is Nc1ccc(F)c(NC(=O)CCOc2cncc(Cl)c2)c1. The number of halogens is 2. The van der Waals surface area contributed by atoms with Gasteiger partial charge in [-0.15, -0.1) is 0 Å². The number of carbonyl (C=O) groups is 1. The van der Waals surface area contributed by atoms with Gasteiger partial charge in [-0.2, -0.15) is 0 Å². The molecule has 3 N–H and O–H groups in total. The first-order valence-corrected chi connectivity index (χ1v) is 6.50. The number of nitrogen functional groups attached to an aromatic ring is 1. The summed E-state index contributed by atoms with van der Waals surface area (Å²) in [6, 6.07) is 5.55. The van der Waals surface area contributed by atoms with Crippen LogP contribution in [0, 0.1) is 5.82 Å². The second kappa shape index (κ2) is 6.90. The summed E-state index contributed by atoms with van der Waals surface area (Å²) >= 11 is 5.75. The molecule has 110 valence electrons. The highest BCUT2D eigenvalue weighted by molar-refractivity contribution is 6.30. The fraction of sp³-hybridized carbons (Fsp3) is 0.143. The molecule has 0 saturated carbocycles. The van der Waals surface area contributed by atoms with Crippen LogP contribution in [0.5, 0.6) is 5.75 Å². The van der Waals surface area contributed by atoms with Crippen LogP contribution in [0.25, 0.3) is 0 Å².